The van der Waals surface area contributed by atoms with E-state index >= 15 is 0 Å². The van der Waals surface area contributed by atoms with Crippen LogP contribution in [-0.2, 0) is 4.79 Å². The van der Waals surface area contributed by atoms with Crippen LogP contribution in [0.1, 0.15) is 51.4 Å². The Morgan fingerprint density at radius 2 is 1.85 bits per heavy atom. The van der Waals surface area contributed by atoms with Crippen molar-refractivity contribution in [2.45, 2.75) is 51.4 Å². The number of carboxylic acids is 1. The number of carboxylic acid groups (broad SMARTS) is 1. The smallest absolute Gasteiger partial charge is 0.303 e. The summed E-state index contributed by atoms with van der Waals surface area (Å²) in [5.41, 5.74) is 0. The van der Waals surface area contributed by atoms with Crippen LogP contribution in [0.3, 0.4) is 0 Å². The van der Waals surface area contributed by atoms with E-state index in [-0.39, 0.29) is 51.4 Å². The van der Waals surface area contributed by atoms with Gasteiger partial charge in [-0.25, -0.2) is 0 Å². The van der Waals surface area contributed by atoms with E-state index in [2.05, 4.69) is 0 Å². The molecule has 1 N–H and O–H groups in total. The molecular formula is C10H18KO2. The maximum absolute atomic E-state index is 10.2. The topological polar surface area (TPSA) is 37.3 Å². The van der Waals surface area contributed by atoms with Crippen molar-refractivity contribution >= 4 is 57.4 Å². The summed E-state index contributed by atoms with van der Waals surface area (Å²) >= 11 is 0. The summed E-state index contributed by atoms with van der Waals surface area (Å²) in [7, 11) is 0. The molecular weight excluding hydrogens is 191 g/mol. The third-order valence-corrected chi connectivity index (χ3v) is 2.73. The third kappa shape index (κ3) is 7.08. The van der Waals surface area contributed by atoms with Crippen LogP contribution in [0.25, 0.3) is 0 Å². The molecule has 1 fully saturated rings. The molecule has 71 valence electrons. The standard InChI is InChI=1S/C10H18O2.K/c11-10(12)8-4-7-9-5-2-1-3-6-9;/h9H,1-8H2,(H,11,12);. The zero-order valence-corrected chi connectivity index (χ0v) is 11.7. The summed E-state index contributed by atoms with van der Waals surface area (Å²) < 4.78 is 0. The number of carbonyl (C=O) groups is 1. The number of hydrogen-bond acceptors (Lipinski definition) is 1. The molecule has 1 saturated carbocycles. The van der Waals surface area contributed by atoms with E-state index < -0.39 is 5.97 Å². The number of aliphatic carboxylic acids is 1. The molecule has 0 aromatic heterocycles. The first-order valence-corrected chi connectivity index (χ1v) is 5.01. The molecule has 0 aromatic rings. The van der Waals surface area contributed by atoms with Crippen LogP contribution < -0.4 is 0 Å². The maximum atomic E-state index is 10.2. The van der Waals surface area contributed by atoms with Crippen LogP contribution in [0.15, 0.2) is 0 Å². The Kier molecular flexibility index (Phi) is 9.13. The molecule has 0 aliphatic heterocycles. The Morgan fingerprint density at radius 3 is 2.38 bits per heavy atom. The number of hydrogen-bond donors (Lipinski definition) is 1. The van der Waals surface area contributed by atoms with Crippen LogP contribution >= 0.6 is 0 Å². The monoisotopic (exact) mass is 209 g/mol. The summed E-state index contributed by atoms with van der Waals surface area (Å²) in [4.78, 5) is 10.2. The summed E-state index contributed by atoms with van der Waals surface area (Å²) in [6.07, 6.45) is 9.13. The van der Waals surface area contributed by atoms with Gasteiger partial charge in [0.25, 0.3) is 0 Å². The number of rotatable bonds is 4. The van der Waals surface area contributed by atoms with Gasteiger partial charge in [-0.2, -0.15) is 0 Å². The largest absolute Gasteiger partial charge is 0.481 e. The van der Waals surface area contributed by atoms with Gasteiger partial charge in [0.1, 0.15) is 0 Å². The Balaban J connectivity index is 0.00000144. The molecule has 0 aromatic carbocycles. The van der Waals surface area contributed by atoms with Crippen molar-refractivity contribution in [3.05, 3.63) is 0 Å². The van der Waals surface area contributed by atoms with E-state index in [0.29, 0.717) is 6.42 Å². The Morgan fingerprint density at radius 1 is 1.23 bits per heavy atom. The molecule has 0 saturated heterocycles. The Hall–Kier alpha value is 1.11. The van der Waals surface area contributed by atoms with Crippen molar-refractivity contribution in [3.63, 3.8) is 0 Å². The van der Waals surface area contributed by atoms with Gasteiger partial charge in [0.2, 0.25) is 0 Å². The normalized spacial score (nSPS) is 17.8. The maximum Gasteiger partial charge on any atom is 0.303 e. The Bertz CT molecular complexity index is 142. The van der Waals surface area contributed by atoms with Crippen molar-refractivity contribution in [2.24, 2.45) is 5.92 Å². The van der Waals surface area contributed by atoms with Gasteiger partial charge in [-0.15, -0.1) is 0 Å². The average molecular weight is 209 g/mol. The van der Waals surface area contributed by atoms with Crippen molar-refractivity contribution < 1.29 is 9.90 Å². The average Bonchev–Trinajstić information content (AvgIpc) is 2.05. The molecule has 0 atom stereocenters. The van der Waals surface area contributed by atoms with Gasteiger partial charge in [0.05, 0.1) is 0 Å². The van der Waals surface area contributed by atoms with Crippen molar-refractivity contribution in [2.75, 3.05) is 0 Å². The first kappa shape index (κ1) is 14.1. The van der Waals surface area contributed by atoms with E-state index in [1.54, 1.807) is 0 Å². The van der Waals surface area contributed by atoms with Gasteiger partial charge >= 0.3 is 5.97 Å². The fourth-order valence-electron chi connectivity index (χ4n) is 2.02. The van der Waals surface area contributed by atoms with Crippen molar-refractivity contribution in [1.82, 2.24) is 0 Å². The molecule has 1 aliphatic rings. The van der Waals surface area contributed by atoms with Crippen LogP contribution in [0, 0.1) is 5.92 Å². The molecule has 0 unspecified atom stereocenters. The van der Waals surface area contributed by atoms with Gasteiger partial charge < -0.3 is 5.11 Å². The van der Waals surface area contributed by atoms with E-state index in [1.807, 2.05) is 0 Å². The van der Waals surface area contributed by atoms with Crippen molar-refractivity contribution in [1.29, 1.82) is 0 Å². The van der Waals surface area contributed by atoms with Crippen LogP contribution in [-0.4, -0.2) is 62.5 Å². The molecule has 0 heterocycles. The van der Waals surface area contributed by atoms with Gasteiger partial charge in [-0.05, 0) is 18.8 Å². The zero-order valence-electron chi connectivity index (χ0n) is 8.59. The van der Waals surface area contributed by atoms with Crippen LogP contribution in [0.2, 0.25) is 0 Å². The SMILES string of the molecule is O=C(O)CCCC1CCCCC1.[K]. The first-order chi connectivity index (χ1) is 5.79. The molecule has 3 heteroatoms. The fraction of sp³-hybridized carbons (Fsp3) is 0.900. The summed E-state index contributed by atoms with van der Waals surface area (Å²) in [5, 5.41) is 8.44. The third-order valence-electron chi connectivity index (χ3n) is 2.73. The van der Waals surface area contributed by atoms with E-state index in [9.17, 15) is 4.79 Å². The Labute approximate surface area is 123 Å². The summed E-state index contributed by atoms with van der Waals surface area (Å²) in [6, 6.07) is 0. The second kappa shape index (κ2) is 8.42. The quantitative estimate of drug-likeness (QED) is 0.722. The molecule has 2 nitrogen and oxygen atoms in total. The van der Waals surface area contributed by atoms with Crippen LogP contribution in [0.4, 0.5) is 0 Å². The van der Waals surface area contributed by atoms with Gasteiger partial charge in [-0.3, -0.25) is 4.79 Å². The van der Waals surface area contributed by atoms with Crippen LogP contribution in [0.5, 0.6) is 0 Å². The van der Waals surface area contributed by atoms with Gasteiger partial charge in [-0.1, -0.05) is 32.1 Å². The predicted molar refractivity (Wildman–Crippen MR) is 53.8 cm³/mol. The molecule has 0 amide bonds. The molecule has 1 radical (unpaired) electrons. The summed E-state index contributed by atoms with van der Waals surface area (Å²) in [6.45, 7) is 0. The molecule has 0 bridgehead atoms. The molecule has 1 rings (SSSR count). The zero-order chi connectivity index (χ0) is 8.81. The molecule has 0 spiro atoms. The fourth-order valence-corrected chi connectivity index (χ4v) is 2.02. The first-order valence-electron chi connectivity index (χ1n) is 5.01. The minimum atomic E-state index is -0.647. The molecule has 13 heavy (non-hydrogen) atoms. The van der Waals surface area contributed by atoms with Gasteiger partial charge in [0.15, 0.2) is 0 Å². The predicted octanol–water partition coefficient (Wildman–Crippen LogP) is 2.44. The van der Waals surface area contributed by atoms with E-state index in [0.717, 1.165) is 18.8 Å². The van der Waals surface area contributed by atoms with Gasteiger partial charge in [0, 0.05) is 57.8 Å². The van der Waals surface area contributed by atoms with Crippen molar-refractivity contribution in [3.8, 4) is 0 Å². The molecule has 1 aliphatic carbocycles. The van der Waals surface area contributed by atoms with E-state index in [4.69, 9.17) is 5.11 Å². The minimum Gasteiger partial charge on any atom is -0.481 e. The second-order valence-electron chi connectivity index (χ2n) is 3.79. The second-order valence-corrected chi connectivity index (χ2v) is 3.79. The van der Waals surface area contributed by atoms with E-state index in [1.165, 1.54) is 32.1 Å². The minimum absolute atomic E-state index is 0. The summed E-state index contributed by atoms with van der Waals surface area (Å²) in [5.74, 6) is 0.184.